The van der Waals surface area contributed by atoms with Gasteiger partial charge in [0.05, 0.1) is 11.4 Å². The molecule has 0 saturated carbocycles. The lowest BCUT2D eigenvalue weighted by Gasteiger charge is -2.35. The third kappa shape index (κ3) is 3.64. The summed E-state index contributed by atoms with van der Waals surface area (Å²) in [5.74, 6) is -0.121. The smallest absolute Gasteiger partial charge is 0.256 e. The molecule has 0 aromatic heterocycles. The average molecular weight is 380 g/mol. The largest absolute Gasteiger partial charge is 0.367 e. The van der Waals surface area contributed by atoms with Gasteiger partial charge >= 0.3 is 0 Å². The van der Waals surface area contributed by atoms with Gasteiger partial charge in [-0.25, -0.2) is 0 Å². The molecule has 0 bridgehead atoms. The summed E-state index contributed by atoms with van der Waals surface area (Å²) in [6, 6.07) is 19.3. The van der Waals surface area contributed by atoms with Crippen LogP contribution in [0.1, 0.15) is 10.4 Å². The van der Waals surface area contributed by atoms with Crippen molar-refractivity contribution in [3.8, 4) is 0 Å². The standard InChI is InChI=1S/C22H22ClN3O/c1-25-12-14-26(15-13-25)21-11-3-2-10-20(21)24-22(27)18-8-4-7-17-16(18)6-5-9-19(17)23/h2-11H,12-15H2,1H3,(H,24,27). The normalized spacial score (nSPS) is 15.1. The maximum Gasteiger partial charge on any atom is 0.256 e. The molecule has 1 heterocycles. The zero-order valence-corrected chi connectivity index (χ0v) is 16.0. The van der Waals surface area contributed by atoms with Crippen molar-refractivity contribution >= 4 is 39.7 Å². The van der Waals surface area contributed by atoms with Crippen LogP contribution < -0.4 is 10.2 Å². The summed E-state index contributed by atoms with van der Waals surface area (Å²) >= 11 is 6.29. The van der Waals surface area contributed by atoms with E-state index >= 15 is 0 Å². The highest BCUT2D eigenvalue weighted by atomic mass is 35.5. The molecule has 1 aliphatic heterocycles. The van der Waals surface area contributed by atoms with Gasteiger partial charge in [0, 0.05) is 42.2 Å². The number of carbonyl (C=O) groups excluding carboxylic acids is 1. The van der Waals surface area contributed by atoms with Crippen molar-refractivity contribution in [1.29, 1.82) is 0 Å². The molecule has 0 radical (unpaired) electrons. The van der Waals surface area contributed by atoms with Crippen LogP contribution in [0.4, 0.5) is 11.4 Å². The van der Waals surface area contributed by atoms with Gasteiger partial charge in [-0.1, -0.05) is 48.0 Å². The molecular weight excluding hydrogens is 358 g/mol. The number of para-hydroxylation sites is 2. The van der Waals surface area contributed by atoms with Gasteiger partial charge < -0.3 is 15.1 Å². The molecule has 138 valence electrons. The van der Waals surface area contributed by atoms with E-state index in [0.29, 0.717) is 10.6 Å². The Kier molecular flexibility index (Phi) is 5.01. The van der Waals surface area contributed by atoms with Crippen LogP contribution in [-0.2, 0) is 0 Å². The SMILES string of the molecule is CN1CCN(c2ccccc2NC(=O)c2cccc3c(Cl)cccc23)CC1. The Morgan fingerprint density at radius 3 is 2.41 bits per heavy atom. The van der Waals surface area contributed by atoms with Crippen molar-refractivity contribution in [3.63, 3.8) is 0 Å². The van der Waals surface area contributed by atoms with E-state index in [2.05, 4.69) is 28.2 Å². The van der Waals surface area contributed by atoms with Gasteiger partial charge in [0.25, 0.3) is 5.91 Å². The number of anilines is 2. The summed E-state index contributed by atoms with van der Waals surface area (Å²) in [6.45, 7) is 3.94. The summed E-state index contributed by atoms with van der Waals surface area (Å²) in [5, 5.41) is 5.51. The Morgan fingerprint density at radius 2 is 1.59 bits per heavy atom. The van der Waals surface area contributed by atoms with Crippen LogP contribution in [0.5, 0.6) is 0 Å². The lowest BCUT2D eigenvalue weighted by molar-refractivity contribution is 0.102. The van der Waals surface area contributed by atoms with Crippen LogP contribution in [0.3, 0.4) is 0 Å². The molecule has 4 nitrogen and oxygen atoms in total. The average Bonchev–Trinajstić information content (AvgIpc) is 2.69. The number of hydrogen-bond acceptors (Lipinski definition) is 3. The molecule has 27 heavy (non-hydrogen) atoms. The molecule has 1 amide bonds. The number of fused-ring (bicyclic) bond motifs is 1. The van der Waals surface area contributed by atoms with Gasteiger partial charge in [0.1, 0.15) is 0 Å². The molecule has 1 saturated heterocycles. The van der Waals surface area contributed by atoms with E-state index in [1.54, 1.807) is 0 Å². The van der Waals surface area contributed by atoms with Gasteiger partial charge in [-0.15, -0.1) is 0 Å². The fourth-order valence-electron chi connectivity index (χ4n) is 3.56. The van der Waals surface area contributed by atoms with Crippen LogP contribution in [0.15, 0.2) is 60.7 Å². The zero-order chi connectivity index (χ0) is 18.8. The highest BCUT2D eigenvalue weighted by molar-refractivity contribution is 6.36. The molecule has 3 aromatic rings. The molecular formula is C22H22ClN3O. The van der Waals surface area contributed by atoms with Gasteiger partial charge in [0.2, 0.25) is 0 Å². The number of amides is 1. The second kappa shape index (κ2) is 7.59. The molecule has 0 spiro atoms. The summed E-state index contributed by atoms with van der Waals surface area (Å²) in [4.78, 5) is 17.7. The van der Waals surface area contributed by atoms with Crippen LogP contribution in [-0.4, -0.2) is 44.0 Å². The topological polar surface area (TPSA) is 35.6 Å². The third-order valence-corrected chi connectivity index (χ3v) is 5.44. The fourth-order valence-corrected chi connectivity index (χ4v) is 3.80. The number of benzene rings is 3. The van der Waals surface area contributed by atoms with E-state index in [0.717, 1.165) is 48.3 Å². The molecule has 4 rings (SSSR count). The van der Waals surface area contributed by atoms with Crippen molar-refractivity contribution in [2.24, 2.45) is 0 Å². The van der Waals surface area contributed by atoms with Crippen molar-refractivity contribution in [3.05, 3.63) is 71.2 Å². The minimum absolute atomic E-state index is 0.121. The number of rotatable bonds is 3. The second-order valence-corrected chi connectivity index (χ2v) is 7.31. The van der Waals surface area contributed by atoms with Crippen molar-refractivity contribution in [2.45, 2.75) is 0 Å². The number of hydrogen-bond donors (Lipinski definition) is 1. The molecule has 1 N–H and O–H groups in total. The minimum Gasteiger partial charge on any atom is -0.367 e. The minimum atomic E-state index is -0.121. The Bertz CT molecular complexity index is 980. The predicted octanol–water partition coefficient (Wildman–Crippen LogP) is 4.50. The van der Waals surface area contributed by atoms with Crippen molar-refractivity contribution in [2.75, 3.05) is 43.4 Å². The molecule has 1 fully saturated rings. The van der Waals surface area contributed by atoms with Crippen LogP contribution in [0, 0.1) is 0 Å². The number of piperazine rings is 1. The van der Waals surface area contributed by atoms with E-state index in [1.807, 2.05) is 54.6 Å². The highest BCUT2D eigenvalue weighted by Gasteiger charge is 2.19. The van der Waals surface area contributed by atoms with Gasteiger partial charge in [-0.2, -0.15) is 0 Å². The Balaban J connectivity index is 1.64. The van der Waals surface area contributed by atoms with Crippen molar-refractivity contribution in [1.82, 2.24) is 4.90 Å². The summed E-state index contributed by atoms with van der Waals surface area (Å²) in [7, 11) is 2.14. The second-order valence-electron chi connectivity index (χ2n) is 6.90. The summed E-state index contributed by atoms with van der Waals surface area (Å²) in [6.07, 6.45) is 0. The summed E-state index contributed by atoms with van der Waals surface area (Å²) in [5.41, 5.74) is 2.53. The fraction of sp³-hybridized carbons (Fsp3) is 0.227. The number of halogens is 1. The Morgan fingerprint density at radius 1 is 0.889 bits per heavy atom. The maximum atomic E-state index is 13.0. The first-order chi connectivity index (χ1) is 13.1. The van der Waals surface area contributed by atoms with Crippen LogP contribution in [0.25, 0.3) is 10.8 Å². The quantitative estimate of drug-likeness (QED) is 0.727. The molecule has 3 aromatic carbocycles. The first-order valence-electron chi connectivity index (χ1n) is 9.14. The predicted molar refractivity (Wildman–Crippen MR) is 113 cm³/mol. The van der Waals surface area contributed by atoms with Crippen LogP contribution in [0.2, 0.25) is 5.02 Å². The van der Waals surface area contributed by atoms with E-state index in [4.69, 9.17) is 11.6 Å². The Labute approximate surface area is 164 Å². The lowest BCUT2D eigenvalue weighted by Crippen LogP contribution is -2.44. The Hall–Kier alpha value is -2.56. The number of carbonyl (C=O) groups is 1. The molecule has 0 atom stereocenters. The number of likely N-dealkylation sites (N-methyl/N-ethyl adjacent to an activating group) is 1. The van der Waals surface area contributed by atoms with Crippen molar-refractivity contribution < 1.29 is 4.79 Å². The monoisotopic (exact) mass is 379 g/mol. The molecule has 1 aliphatic rings. The van der Waals surface area contributed by atoms with E-state index < -0.39 is 0 Å². The molecule has 0 aliphatic carbocycles. The number of nitrogens with zero attached hydrogens (tertiary/aromatic N) is 2. The third-order valence-electron chi connectivity index (χ3n) is 5.11. The van der Waals surface area contributed by atoms with E-state index in [9.17, 15) is 4.79 Å². The highest BCUT2D eigenvalue weighted by Crippen LogP contribution is 2.29. The molecule has 0 unspecified atom stereocenters. The lowest BCUT2D eigenvalue weighted by atomic mass is 10.0. The van der Waals surface area contributed by atoms with Crippen LogP contribution >= 0.6 is 11.6 Å². The zero-order valence-electron chi connectivity index (χ0n) is 15.3. The van der Waals surface area contributed by atoms with Gasteiger partial charge in [0.15, 0.2) is 0 Å². The van der Waals surface area contributed by atoms with E-state index in [-0.39, 0.29) is 5.91 Å². The maximum absolute atomic E-state index is 13.0. The number of nitrogens with one attached hydrogen (secondary N) is 1. The van der Waals surface area contributed by atoms with E-state index in [1.165, 1.54) is 0 Å². The molecule has 5 heteroatoms. The summed E-state index contributed by atoms with van der Waals surface area (Å²) < 4.78 is 0. The first-order valence-corrected chi connectivity index (χ1v) is 9.52. The van der Waals surface area contributed by atoms with Gasteiger partial charge in [-0.3, -0.25) is 4.79 Å². The first kappa shape index (κ1) is 17.8. The van der Waals surface area contributed by atoms with Gasteiger partial charge in [-0.05, 0) is 36.7 Å².